The first-order valence-corrected chi connectivity index (χ1v) is 12.9. The van der Waals surface area contributed by atoms with Gasteiger partial charge in [0.2, 0.25) is 10.0 Å². The number of nitrogens with one attached hydrogen (secondary N) is 1. The SMILES string of the molecule is Cc1cc(C)n(-c2ccc(-c3ccc(C)c(S(=O)(=O)NCCN4CCC(C)CC4)c3)nn2)n1. The van der Waals surface area contributed by atoms with Crippen molar-refractivity contribution in [3.8, 4) is 17.1 Å². The number of benzene rings is 1. The number of sulfonamides is 1. The molecule has 0 atom stereocenters. The molecule has 0 bridgehead atoms. The van der Waals surface area contributed by atoms with Crippen molar-refractivity contribution in [2.75, 3.05) is 26.2 Å². The number of hydrogen-bond acceptors (Lipinski definition) is 6. The van der Waals surface area contributed by atoms with Gasteiger partial charge in [-0.25, -0.2) is 17.8 Å². The van der Waals surface area contributed by atoms with E-state index in [0.717, 1.165) is 36.9 Å². The van der Waals surface area contributed by atoms with Crippen LogP contribution in [0.25, 0.3) is 17.1 Å². The third-order valence-electron chi connectivity index (χ3n) is 6.25. The van der Waals surface area contributed by atoms with Gasteiger partial charge in [-0.2, -0.15) is 5.10 Å². The van der Waals surface area contributed by atoms with Crippen molar-refractivity contribution in [1.29, 1.82) is 0 Å². The van der Waals surface area contributed by atoms with Crippen LogP contribution >= 0.6 is 0 Å². The lowest BCUT2D eigenvalue weighted by Gasteiger charge is -2.30. The Kier molecular flexibility index (Phi) is 6.92. The molecule has 3 heterocycles. The van der Waals surface area contributed by atoms with Crippen molar-refractivity contribution in [2.24, 2.45) is 5.92 Å². The average molecular weight is 469 g/mol. The Morgan fingerprint density at radius 3 is 2.42 bits per heavy atom. The van der Waals surface area contributed by atoms with Crippen molar-refractivity contribution >= 4 is 10.0 Å². The maximum atomic E-state index is 13.0. The zero-order valence-electron chi connectivity index (χ0n) is 19.7. The molecule has 1 aliphatic heterocycles. The van der Waals surface area contributed by atoms with Gasteiger partial charge in [0.15, 0.2) is 5.82 Å². The Bertz CT molecular complexity index is 1210. The molecule has 0 spiro atoms. The largest absolute Gasteiger partial charge is 0.302 e. The van der Waals surface area contributed by atoms with Crippen molar-refractivity contribution in [2.45, 2.75) is 45.4 Å². The monoisotopic (exact) mass is 468 g/mol. The molecule has 1 N–H and O–H groups in total. The second kappa shape index (κ2) is 9.70. The summed E-state index contributed by atoms with van der Waals surface area (Å²) in [5.74, 6) is 1.38. The van der Waals surface area contributed by atoms with Crippen molar-refractivity contribution in [1.82, 2.24) is 29.6 Å². The summed E-state index contributed by atoms with van der Waals surface area (Å²) in [5.41, 5.74) is 3.90. The number of nitrogens with zero attached hydrogens (tertiary/aromatic N) is 5. The van der Waals surface area contributed by atoms with Gasteiger partial charge in [0.05, 0.1) is 16.3 Å². The molecule has 3 aromatic rings. The smallest absolute Gasteiger partial charge is 0.240 e. The van der Waals surface area contributed by atoms with Gasteiger partial charge in [-0.05, 0) is 82.4 Å². The van der Waals surface area contributed by atoms with Crippen LogP contribution in [0.4, 0.5) is 0 Å². The molecular weight excluding hydrogens is 436 g/mol. The summed E-state index contributed by atoms with van der Waals surface area (Å²) < 4.78 is 30.6. The number of hydrogen-bond donors (Lipinski definition) is 1. The zero-order chi connectivity index (χ0) is 23.6. The van der Waals surface area contributed by atoms with Crippen LogP contribution in [0.1, 0.15) is 36.7 Å². The Balaban J connectivity index is 1.48. The molecule has 33 heavy (non-hydrogen) atoms. The number of piperidine rings is 1. The Labute approximate surface area is 196 Å². The lowest BCUT2D eigenvalue weighted by atomic mass is 9.99. The van der Waals surface area contributed by atoms with E-state index in [4.69, 9.17) is 0 Å². The summed E-state index contributed by atoms with van der Waals surface area (Å²) >= 11 is 0. The average Bonchev–Trinajstić information content (AvgIpc) is 3.13. The van der Waals surface area contributed by atoms with E-state index in [1.807, 2.05) is 51.1 Å². The second-order valence-electron chi connectivity index (χ2n) is 9.02. The minimum atomic E-state index is -3.63. The highest BCUT2D eigenvalue weighted by molar-refractivity contribution is 7.89. The van der Waals surface area contributed by atoms with Gasteiger partial charge in [0.1, 0.15) is 0 Å². The van der Waals surface area contributed by atoms with Gasteiger partial charge < -0.3 is 4.90 Å². The summed E-state index contributed by atoms with van der Waals surface area (Å²) in [6.45, 7) is 11.2. The maximum Gasteiger partial charge on any atom is 0.240 e. The Morgan fingerprint density at radius 2 is 1.79 bits per heavy atom. The fourth-order valence-electron chi connectivity index (χ4n) is 4.20. The molecule has 1 fully saturated rings. The molecule has 8 nitrogen and oxygen atoms in total. The van der Waals surface area contributed by atoms with Crippen LogP contribution in [0.3, 0.4) is 0 Å². The minimum absolute atomic E-state index is 0.275. The molecular formula is C24H32N6O2S. The molecule has 1 aromatic carbocycles. The third-order valence-corrected chi connectivity index (χ3v) is 7.85. The molecule has 0 aliphatic carbocycles. The van der Waals surface area contributed by atoms with Crippen molar-refractivity contribution < 1.29 is 8.42 Å². The van der Waals surface area contributed by atoms with E-state index in [2.05, 4.69) is 31.8 Å². The van der Waals surface area contributed by atoms with Crippen LogP contribution in [-0.4, -0.2) is 59.5 Å². The molecule has 0 saturated carbocycles. The van der Waals surface area contributed by atoms with E-state index in [9.17, 15) is 8.42 Å². The third kappa shape index (κ3) is 5.48. The number of aryl methyl sites for hydroxylation is 3. The first-order chi connectivity index (χ1) is 15.7. The van der Waals surface area contributed by atoms with E-state index in [0.29, 0.717) is 29.2 Å². The van der Waals surface area contributed by atoms with E-state index in [1.54, 1.807) is 10.7 Å². The summed E-state index contributed by atoms with van der Waals surface area (Å²) in [7, 11) is -3.63. The summed E-state index contributed by atoms with van der Waals surface area (Å²) in [5, 5.41) is 13.1. The topological polar surface area (TPSA) is 93.0 Å². The van der Waals surface area contributed by atoms with Crippen LogP contribution in [0.15, 0.2) is 41.3 Å². The highest BCUT2D eigenvalue weighted by Crippen LogP contribution is 2.24. The minimum Gasteiger partial charge on any atom is -0.302 e. The van der Waals surface area contributed by atoms with E-state index < -0.39 is 10.0 Å². The molecule has 0 unspecified atom stereocenters. The molecule has 1 aliphatic rings. The Hall–Kier alpha value is -2.62. The Morgan fingerprint density at radius 1 is 1.03 bits per heavy atom. The van der Waals surface area contributed by atoms with E-state index in [1.165, 1.54) is 12.8 Å². The summed E-state index contributed by atoms with van der Waals surface area (Å²) in [6.07, 6.45) is 2.35. The lowest BCUT2D eigenvalue weighted by molar-refractivity contribution is 0.195. The predicted octanol–water partition coefficient (Wildman–Crippen LogP) is 3.26. The maximum absolute atomic E-state index is 13.0. The van der Waals surface area contributed by atoms with Crippen LogP contribution in [0, 0.1) is 26.7 Å². The molecule has 0 amide bonds. The van der Waals surface area contributed by atoms with Gasteiger partial charge in [-0.3, -0.25) is 0 Å². The fraction of sp³-hybridized carbons (Fsp3) is 0.458. The van der Waals surface area contributed by atoms with Crippen molar-refractivity contribution in [3.05, 3.63) is 53.3 Å². The zero-order valence-corrected chi connectivity index (χ0v) is 20.6. The molecule has 1 saturated heterocycles. The lowest BCUT2D eigenvalue weighted by Crippen LogP contribution is -2.39. The van der Waals surface area contributed by atoms with Gasteiger partial charge in [0, 0.05) is 24.3 Å². The molecule has 9 heteroatoms. The molecule has 4 rings (SSSR count). The van der Waals surface area contributed by atoms with Gasteiger partial charge in [-0.15, -0.1) is 10.2 Å². The van der Waals surface area contributed by atoms with Gasteiger partial charge >= 0.3 is 0 Å². The van der Waals surface area contributed by atoms with Gasteiger partial charge in [-0.1, -0.05) is 19.1 Å². The quantitative estimate of drug-likeness (QED) is 0.572. The van der Waals surface area contributed by atoms with Crippen LogP contribution in [0.5, 0.6) is 0 Å². The summed E-state index contributed by atoms with van der Waals surface area (Å²) in [4.78, 5) is 2.60. The highest BCUT2D eigenvalue weighted by atomic mass is 32.2. The predicted molar refractivity (Wildman–Crippen MR) is 129 cm³/mol. The van der Waals surface area contributed by atoms with Crippen LogP contribution in [-0.2, 0) is 10.0 Å². The van der Waals surface area contributed by atoms with Crippen LogP contribution < -0.4 is 4.72 Å². The molecule has 176 valence electrons. The molecule has 2 aromatic heterocycles. The summed E-state index contributed by atoms with van der Waals surface area (Å²) in [6, 6.07) is 11.0. The first kappa shape index (κ1) is 23.5. The highest BCUT2D eigenvalue weighted by Gasteiger charge is 2.20. The number of rotatable bonds is 7. The van der Waals surface area contributed by atoms with E-state index in [-0.39, 0.29) is 4.90 Å². The standard InChI is InChI=1S/C24H32N6O2S/c1-17-9-12-29(13-10-17)14-11-25-33(31,32)23-16-21(6-5-18(23)2)22-7-8-24(27-26-22)30-20(4)15-19(3)28-30/h5-8,15-17,25H,9-14H2,1-4H3. The number of aromatic nitrogens is 4. The normalized spacial score (nSPS) is 15.8. The number of likely N-dealkylation sites (tertiary alicyclic amines) is 1. The molecule has 0 radical (unpaired) electrons. The fourth-order valence-corrected chi connectivity index (χ4v) is 5.49. The van der Waals surface area contributed by atoms with Crippen molar-refractivity contribution in [3.63, 3.8) is 0 Å². The first-order valence-electron chi connectivity index (χ1n) is 11.4. The van der Waals surface area contributed by atoms with Gasteiger partial charge in [0.25, 0.3) is 0 Å². The van der Waals surface area contributed by atoms with E-state index >= 15 is 0 Å². The van der Waals surface area contributed by atoms with Crippen LogP contribution in [0.2, 0.25) is 0 Å². The second-order valence-corrected chi connectivity index (χ2v) is 10.8.